The molecule has 1 N–H and O–H groups in total. The van der Waals surface area contributed by atoms with E-state index in [2.05, 4.69) is 55.5 Å². The fraction of sp³-hybridized carbons (Fsp3) is 0.120. The third-order valence-corrected chi connectivity index (χ3v) is 6.26. The van der Waals surface area contributed by atoms with Crippen LogP contribution in [0.3, 0.4) is 0 Å². The standard InChI is InChI=1S/C25H22BrClN4S/c26-22-18-31(17-21-13-7-8-14-23(21)27)29-24(22)28-25(32)30(15-19-9-3-1-4-10-19)16-20-11-5-2-6-12-20/h1-14,18H,15-17H2,(H,28,29,32). The van der Waals surface area contributed by atoms with Crippen LogP contribution in [0.1, 0.15) is 16.7 Å². The molecule has 0 aliphatic rings. The molecule has 3 aromatic carbocycles. The van der Waals surface area contributed by atoms with E-state index in [1.165, 1.54) is 11.1 Å². The van der Waals surface area contributed by atoms with E-state index in [0.717, 1.165) is 15.1 Å². The molecule has 32 heavy (non-hydrogen) atoms. The van der Waals surface area contributed by atoms with Gasteiger partial charge in [-0.15, -0.1) is 0 Å². The molecule has 0 atom stereocenters. The van der Waals surface area contributed by atoms with Gasteiger partial charge in [-0.3, -0.25) is 4.68 Å². The van der Waals surface area contributed by atoms with Crippen LogP contribution in [-0.2, 0) is 19.6 Å². The maximum absolute atomic E-state index is 6.30. The summed E-state index contributed by atoms with van der Waals surface area (Å²) < 4.78 is 2.68. The second-order valence-electron chi connectivity index (χ2n) is 7.37. The molecule has 0 spiro atoms. The van der Waals surface area contributed by atoms with E-state index in [4.69, 9.17) is 23.8 Å². The second-order valence-corrected chi connectivity index (χ2v) is 9.02. The molecular formula is C25H22BrClN4S. The van der Waals surface area contributed by atoms with Crippen LogP contribution < -0.4 is 5.32 Å². The highest BCUT2D eigenvalue weighted by Gasteiger charge is 2.15. The van der Waals surface area contributed by atoms with Crippen LogP contribution >= 0.6 is 39.7 Å². The van der Waals surface area contributed by atoms with Gasteiger partial charge in [-0.05, 0) is 50.9 Å². The molecule has 0 amide bonds. The number of hydrogen-bond donors (Lipinski definition) is 1. The van der Waals surface area contributed by atoms with Crippen molar-refractivity contribution in [3.63, 3.8) is 0 Å². The zero-order valence-corrected chi connectivity index (χ0v) is 20.4. The predicted octanol–water partition coefficient (Wildman–Crippen LogP) is 6.75. The Morgan fingerprint density at radius 3 is 2.06 bits per heavy atom. The first kappa shape index (κ1) is 22.5. The van der Waals surface area contributed by atoms with Gasteiger partial charge in [0.15, 0.2) is 10.9 Å². The van der Waals surface area contributed by atoms with Crippen LogP contribution in [0.25, 0.3) is 0 Å². The van der Waals surface area contributed by atoms with E-state index in [9.17, 15) is 0 Å². The monoisotopic (exact) mass is 524 g/mol. The van der Waals surface area contributed by atoms with Gasteiger partial charge in [0.05, 0.1) is 11.0 Å². The van der Waals surface area contributed by atoms with Gasteiger partial charge in [0, 0.05) is 24.3 Å². The van der Waals surface area contributed by atoms with E-state index in [1.807, 2.05) is 71.5 Å². The van der Waals surface area contributed by atoms with Crippen molar-refractivity contribution in [3.8, 4) is 0 Å². The van der Waals surface area contributed by atoms with Crippen molar-refractivity contribution in [3.05, 3.63) is 117 Å². The molecule has 0 fully saturated rings. The highest BCUT2D eigenvalue weighted by molar-refractivity contribution is 9.10. The Balaban J connectivity index is 1.51. The summed E-state index contributed by atoms with van der Waals surface area (Å²) in [6, 6.07) is 28.4. The molecule has 4 nitrogen and oxygen atoms in total. The maximum atomic E-state index is 6.30. The Morgan fingerprint density at radius 2 is 1.47 bits per heavy atom. The van der Waals surface area contributed by atoms with Crippen molar-refractivity contribution < 1.29 is 0 Å². The summed E-state index contributed by atoms with van der Waals surface area (Å²) in [6.45, 7) is 1.96. The van der Waals surface area contributed by atoms with E-state index in [0.29, 0.717) is 30.6 Å². The van der Waals surface area contributed by atoms with E-state index in [-0.39, 0.29) is 0 Å². The molecule has 1 heterocycles. The van der Waals surface area contributed by atoms with Crippen molar-refractivity contribution in [1.29, 1.82) is 0 Å². The van der Waals surface area contributed by atoms with Crippen molar-refractivity contribution in [2.24, 2.45) is 0 Å². The molecule has 0 saturated carbocycles. The molecule has 1 aromatic heterocycles. The van der Waals surface area contributed by atoms with Crippen molar-refractivity contribution in [2.45, 2.75) is 19.6 Å². The van der Waals surface area contributed by atoms with Crippen LogP contribution in [0.5, 0.6) is 0 Å². The van der Waals surface area contributed by atoms with Crippen LogP contribution in [0, 0.1) is 0 Å². The summed E-state index contributed by atoms with van der Waals surface area (Å²) in [5.74, 6) is 0.674. The zero-order chi connectivity index (χ0) is 22.3. The van der Waals surface area contributed by atoms with Gasteiger partial charge in [-0.1, -0.05) is 90.5 Å². The van der Waals surface area contributed by atoms with Crippen molar-refractivity contribution in [1.82, 2.24) is 14.7 Å². The lowest BCUT2D eigenvalue weighted by molar-refractivity contribution is 0.412. The molecule has 0 bridgehead atoms. The van der Waals surface area contributed by atoms with Gasteiger partial charge in [0.1, 0.15) is 0 Å². The van der Waals surface area contributed by atoms with Crippen LogP contribution in [0.2, 0.25) is 5.02 Å². The van der Waals surface area contributed by atoms with E-state index < -0.39 is 0 Å². The van der Waals surface area contributed by atoms with Crippen LogP contribution in [0.4, 0.5) is 5.82 Å². The molecule has 0 saturated heterocycles. The number of thiocarbonyl (C=S) groups is 1. The molecule has 4 rings (SSSR count). The van der Waals surface area contributed by atoms with Gasteiger partial charge < -0.3 is 10.2 Å². The minimum Gasteiger partial charge on any atom is -0.340 e. The molecule has 0 aliphatic carbocycles. The minimum absolute atomic E-state index is 0.574. The SMILES string of the molecule is S=C(Nc1nn(Cc2ccccc2Cl)cc1Br)N(Cc1ccccc1)Cc1ccccc1. The summed E-state index contributed by atoms with van der Waals surface area (Å²) >= 11 is 15.7. The molecule has 0 radical (unpaired) electrons. The number of halogens is 2. The Bertz CT molecular complexity index is 1140. The molecule has 0 aliphatic heterocycles. The number of anilines is 1. The van der Waals surface area contributed by atoms with Gasteiger partial charge in [-0.25, -0.2) is 0 Å². The van der Waals surface area contributed by atoms with E-state index >= 15 is 0 Å². The fourth-order valence-corrected chi connectivity index (χ4v) is 4.19. The van der Waals surface area contributed by atoms with Crippen LogP contribution in [0.15, 0.2) is 95.6 Å². The summed E-state index contributed by atoms with van der Waals surface area (Å²) in [5, 5.41) is 9.32. The summed E-state index contributed by atoms with van der Waals surface area (Å²) in [7, 11) is 0. The normalized spacial score (nSPS) is 10.7. The molecular weight excluding hydrogens is 504 g/mol. The van der Waals surface area contributed by atoms with Gasteiger partial charge in [-0.2, -0.15) is 5.10 Å². The topological polar surface area (TPSA) is 33.1 Å². The lowest BCUT2D eigenvalue weighted by Crippen LogP contribution is -2.34. The zero-order valence-electron chi connectivity index (χ0n) is 17.3. The highest BCUT2D eigenvalue weighted by atomic mass is 79.9. The van der Waals surface area contributed by atoms with Crippen molar-refractivity contribution >= 4 is 50.7 Å². The minimum atomic E-state index is 0.574. The smallest absolute Gasteiger partial charge is 0.175 e. The second kappa shape index (κ2) is 10.8. The predicted molar refractivity (Wildman–Crippen MR) is 139 cm³/mol. The fourth-order valence-electron chi connectivity index (χ4n) is 3.35. The quantitative estimate of drug-likeness (QED) is 0.271. The Morgan fingerprint density at radius 1 is 0.906 bits per heavy atom. The average molecular weight is 526 g/mol. The molecule has 4 aromatic rings. The maximum Gasteiger partial charge on any atom is 0.175 e. The number of nitrogens with one attached hydrogen (secondary N) is 1. The lowest BCUT2D eigenvalue weighted by Gasteiger charge is -2.26. The van der Waals surface area contributed by atoms with Crippen molar-refractivity contribution in [2.75, 3.05) is 5.32 Å². The third-order valence-electron chi connectivity index (χ3n) is 4.95. The number of aromatic nitrogens is 2. The Kier molecular flexibility index (Phi) is 7.58. The number of rotatable bonds is 7. The summed E-state index contributed by atoms with van der Waals surface area (Å²) in [6.07, 6.45) is 1.92. The van der Waals surface area contributed by atoms with Gasteiger partial charge in [0.25, 0.3) is 0 Å². The van der Waals surface area contributed by atoms with Gasteiger partial charge >= 0.3 is 0 Å². The van der Waals surface area contributed by atoms with Gasteiger partial charge in [0.2, 0.25) is 0 Å². The third kappa shape index (κ3) is 5.97. The summed E-state index contributed by atoms with van der Waals surface area (Å²) in [4.78, 5) is 2.14. The van der Waals surface area contributed by atoms with Crippen LogP contribution in [-0.4, -0.2) is 19.8 Å². The molecule has 0 unspecified atom stereocenters. The van der Waals surface area contributed by atoms with E-state index in [1.54, 1.807) is 0 Å². The summed E-state index contributed by atoms with van der Waals surface area (Å²) in [5.41, 5.74) is 3.39. The number of hydrogen-bond acceptors (Lipinski definition) is 2. The first-order chi connectivity index (χ1) is 15.6. The number of nitrogens with zero attached hydrogens (tertiary/aromatic N) is 3. The lowest BCUT2D eigenvalue weighted by atomic mass is 10.2. The highest BCUT2D eigenvalue weighted by Crippen LogP contribution is 2.23. The largest absolute Gasteiger partial charge is 0.340 e. The molecule has 162 valence electrons. The average Bonchev–Trinajstić information content (AvgIpc) is 3.15. The number of benzene rings is 3. The Labute approximate surface area is 207 Å². The first-order valence-corrected chi connectivity index (χ1v) is 11.8. The molecule has 7 heteroatoms. The first-order valence-electron chi connectivity index (χ1n) is 10.2. The Hall–Kier alpha value is -2.67.